The lowest BCUT2D eigenvalue weighted by atomic mass is 10.0. The second-order valence-corrected chi connectivity index (χ2v) is 4.75. The van der Waals surface area contributed by atoms with Crippen LogP contribution in [-0.2, 0) is 0 Å². The first-order valence-electron chi connectivity index (χ1n) is 6.38. The van der Waals surface area contributed by atoms with E-state index in [4.69, 9.17) is 10.5 Å². The third-order valence-electron chi connectivity index (χ3n) is 2.71. The van der Waals surface area contributed by atoms with E-state index in [1.54, 1.807) is 6.20 Å². The van der Waals surface area contributed by atoms with Gasteiger partial charge in [0.2, 0.25) is 0 Å². The number of aromatic nitrogens is 2. The fourth-order valence-corrected chi connectivity index (χ4v) is 1.87. The fourth-order valence-electron chi connectivity index (χ4n) is 1.87. The lowest BCUT2D eigenvalue weighted by molar-refractivity contribution is 0.242. The van der Waals surface area contributed by atoms with E-state index in [0.29, 0.717) is 0 Å². The average molecular weight is 257 g/mol. The number of rotatable bonds is 4. The molecule has 4 heteroatoms. The highest BCUT2D eigenvalue weighted by atomic mass is 16.5. The number of nitrogens with zero attached hydrogens (tertiary/aromatic N) is 2. The van der Waals surface area contributed by atoms with Gasteiger partial charge in [-0.1, -0.05) is 12.1 Å². The number of hydrogen-bond acceptors (Lipinski definition) is 4. The summed E-state index contributed by atoms with van der Waals surface area (Å²) in [4.78, 5) is 8.44. The SMILES string of the molecule is Cc1nccc(C(N)c2cccc(OC(C)C)c2)n1. The minimum absolute atomic E-state index is 0.146. The monoisotopic (exact) mass is 257 g/mol. The molecule has 2 N–H and O–H groups in total. The molecule has 0 saturated heterocycles. The highest BCUT2D eigenvalue weighted by Crippen LogP contribution is 2.22. The molecule has 0 spiro atoms. The van der Waals surface area contributed by atoms with Crippen LogP contribution in [0, 0.1) is 6.92 Å². The van der Waals surface area contributed by atoms with Crippen LogP contribution in [-0.4, -0.2) is 16.1 Å². The van der Waals surface area contributed by atoms with Crippen molar-refractivity contribution < 1.29 is 4.74 Å². The van der Waals surface area contributed by atoms with Crippen molar-refractivity contribution in [2.75, 3.05) is 0 Å². The molecule has 4 nitrogen and oxygen atoms in total. The molecule has 2 aromatic rings. The standard InChI is InChI=1S/C15H19N3O/c1-10(2)19-13-6-4-5-12(9-13)15(16)14-7-8-17-11(3)18-14/h4-10,15H,16H2,1-3H3. The fraction of sp³-hybridized carbons (Fsp3) is 0.333. The largest absolute Gasteiger partial charge is 0.491 e. The number of ether oxygens (including phenoxy) is 1. The Morgan fingerprint density at radius 3 is 2.68 bits per heavy atom. The van der Waals surface area contributed by atoms with E-state index in [9.17, 15) is 0 Å². The van der Waals surface area contributed by atoms with Gasteiger partial charge in [-0.3, -0.25) is 0 Å². The van der Waals surface area contributed by atoms with Gasteiger partial charge in [-0.25, -0.2) is 9.97 Å². The van der Waals surface area contributed by atoms with Gasteiger partial charge in [-0.15, -0.1) is 0 Å². The molecule has 1 heterocycles. The van der Waals surface area contributed by atoms with E-state index < -0.39 is 0 Å². The summed E-state index contributed by atoms with van der Waals surface area (Å²) in [5, 5.41) is 0. The molecular weight excluding hydrogens is 238 g/mol. The van der Waals surface area contributed by atoms with E-state index in [1.807, 2.05) is 51.1 Å². The van der Waals surface area contributed by atoms with Crippen molar-refractivity contribution in [1.82, 2.24) is 9.97 Å². The summed E-state index contributed by atoms with van der Waals surface area (Å²) in [5.41, 5.74) is 8.04. The highest BCUT2D eigenvalue weighted by Gasteiger charge is 2.11. The molecule has 0 aliphatic heterocycles. The lowest BCUT2D eigenvalue weighted by Crippen LogP contribution is -2.15. The van der Waals surface area contributed by atoms with Gasteiger partial charge >= 0.3 is 0 Å². The Bertz CT molecular complexity index is 555. The third-order valence-corrected chi connectivity index (χ3v) is 2.71. The molecule has 0 fully saturated rings. The van der Waals surface area contributed by atoms with Crippen molar-refractivity contribution >= 4 is 0 Å². The van der Waals surface area contributed by atoms with Gasteiger partial charge in [-0.05, 0) is 44.5 Å². The minimum atomic E-state index is -0.266. The Hall–Kier alpha value is -1.94. The molecule has 2 rings (SSSR count). The summed E-state index contributed by atoms with van der Waals surface area (Å²) in [6, 6.07) is 9.39. The Labute approximate surface area is 113 Å². The van der Waals surface area contributed by atoms with Crippen molar-refractivity contribution in [3.05, 3.63) is 53.6 Å². The summed E-state index contributed by atoms with van der Waals surface area (Å²) >= 11 is 0. The Morgan fingerprint density at radius 1 is 1.21 bits per heavy atom. The van der Waals surface area contributed by atoms with E-state index in [2.05, 4.69) is 9.97 Å². The molecule has 0 amide bonds. The van der Waals surface area contributed by atoms with Crippen LogP contribution in [0.15, 0.2) is 36.5 Å². The Kier molecular flexibility index (Phi) is 4.12. The maximum absolute atomic E-state index is 6.24. The van der Waals surface area contributed by atoms with Crippen molar-refractivity contribution in [1.29, 1.82) is 0 Å². The van der Waals surface area contributed by atoms with Crippen molar-refractivity contribution in [3.63, 3.8) is 0 Å². The molecule has 0 radical (unpaired) electrons. The average Bonchev–Trinajstić information content (AvgIpc) is 2.37. The molecule has 0 aliphatic rings. The predicted octanol–water partition coefficient (Wildman–Crippen LogP) is 2.62. The number of nitrogens with two attached hydrogens (primary N) is 1. The minimum Gasteiger partial charge on any atom is -0.491 e. The van der Waals surface area contributed by atoms with Crippen LogP contribution >= 0.6 is 0 Å². The Balaban J connectivity index is 2.26. The normalized spacial score (nSPS) is 12.5. The number of aryl methyl sites for hydroxylation is 1. The molecule has 1 atom stereocenters. The number of hydrogen-bond donors (Lipinski definition) is 1. The molecule has 0 saturated carbocycles. The van der Waals surface area contributed by atoms with Gasteiger partial charge in [0.1, 0.15) is 11.6 Å². The smallest absolute Gasteiger partial charge is 0.125 e. The molecule has 1 aromatic heterocycles. The summed E-state index contributed by atoms with van der Waals surface area (Å²) in [5.74, 6) is 1.55. The summed E-state index contributed by atoms with van der Waals surface area (Å²) in [6.45, 7) is 5.86. The Morgan fingerprint density at radius 2 is 2.00 bits per heavy atom. The van der Waals surface area contributed by atoms with Crippen molar-refractivity contribution in [2.45, 2.75) is 32.9 Å². The van der Waals surface area contributed by atoms with Crippen LogP contribution in [0.25, 0.3) is 0 Å². The van der Waals surface area contributed by atoms with E-state index in [-0.39, 0.29) is 12.1 Å². The van der Waals surface area contributed by atoms with E-state index >= 15 is 0 Å². The van der Waals surface area contributed by atoms with Gasteiger partial charge in [0, 0.05) is 6.20 Å². The third kappa shape index (κ3) is 3.51. The van der Waals surface area contributed by atoms with Crippen LogP contribution in [0.1, 0.15) is 37.0 Å². The second-order valence-electron chi connectivity index (χ2n) is 4.75. The van der Waals surface area contributed by atoms with Crippen LogP contribution in [0.2, 0.25) is 0 Å². The molecule has 0 aliphatic carbocycles. The van der Waals surface area contributed by atoms with Gasteiger partial charge in [-0.2, -0.15) is 0 Å². The van der Waals surface area contributed by atoms with Crippen LogP contribution in [0.3, 0.4) is 0 Å². The first kappa shape index (κ1) is 13.5. The zero-order valence-electron chi connectivity index (χ0n) is 11.5. The van der Waals surface area contributed by atoms with Gasteiger partial charge in [0.05, 0.1) is 17.8 Å². The van der Waals surface area contributed by atoms with Gasteiger partial charge < -0.3 is 10.5 Å². The molecule has 1 unspecified atom stereocenters. The quantitative estimate of drug-likeness (QED) is 0.914. The summed E-state index contributed by atoms with van der Waals surface area (Å²) < 4.78 is 5.68. The highest BCUT2D eigenvalue weighted by molar-refractivity contribution is 5.34. The molecule has 100 valence electrons. The zero-order valence-corrected chi connectivity index (χ0v) is 11.5. The van der Waals surface area contributed by atoms with Gasteiger partial charge in [0.25, 0.3) is 0 Å². The lowest BCUT2D eigenvalue weighted by Gasteiger charge is -2.15. The zero-order chi connectivity index (χ0) is 13.8. The maximum Gasteiger partial charge on any atom is 0.125 e. The summed E-state index contributed by atoms with van der Waals surface area (Å²) in [6.07, 6.45) is 1.87. The molecular formula is C15H19N3O. The topological polar surface area (TPSA) is 61.0 Å². The first-order valence-corrected chi connectivity index (χ1v) is 6.38. The van der Waals surface area contributed by atoms with Crippen LogP contribution < -0.4 is 10.5 Å². The molecule has 1 aromatic carbocycles. The van der Waals surface area contributed by atoms with Crippen LogP contribution in [0.4, 0.5) is 0 Å². The van der Waals surface area contributed by atoms with Gasteiger partial charge in [0.15, 0.2) is 0 Å². The summed E-state index contributed by atoms with van der Waals surface area (Å²) in [7, 11) is 0. The predicted molar refractivity (Wildman–Crippen MR) is 75.0 cm³/mol. The van der Waals surface area contributed by atoms with E-state index in [1.165, 1.54) is 0 Å². The second kappa shape index (κ2) is 5.80. The van der Waals surface area contributed by atoms with Crippen LogP contribution in [0.5, 0.6) is 5.75 Å². The van der Waals surface area contributed by atoms with E-state index in [0.717, 1.165) is 22.8 Å². The number of benzene rings is 1. The molecule has 0 bridgehead atoms. The first-order chi connectivity index (χ1) is 9.06. The van der Waals surface area contributed by atoms with Crippen molar-refractivity contribution in [2.24, 2.45) is 5.73 Å². The maximum atomic E-state index is 6.24. The van der Waals surface area contributed by atoms with Crippen molar-refractivity contribution in [3.8, 4) is 5.75 Å². The molecule has 19 heavy (non-hydrogen) atoms.